The molecule has 4 aliphatic rings. The number of nitrogens with two attached hydrogens (primary N) is 1. The number of carboxylic acids is 1. The second-order valence-electron chi connectivity index (χ2n) is 11.1. The minimum Gasteiger partial charge on any atom is -0.481 e. The number of hydrogen-bond donors (Lipinski definition) is 2. The van der Waals surface area contributed by atoms with Gasteiger partial charge in [0.2, 0.25) is 0 Å². The zero-order chi connectivity index (χ0) is 27.0. The zero-order valence-electron chi connectivity index (χ0n) is 21.2. The van der Waals surface area contributed by atoms with Crippen molar-refractivity contribution in [2.75, 3.05) is 0 Å². The summed E-state index contributed by atoms with van der Waals surface area (Å²) in [5.74, 6) is -0.539. The van der Waals surface area contributed by atoms with Crippen molar-refractivity contribution in [3.63, 3.8) is 0 Å². The zero-order valence-corrected chi connectivity index (χ0v) is 21.2. The van der Waals surface area contributed by atoms with Crippen LogP contribution in [0.5, 0.6) is 0 Å². The molecular weight excluding hydrogens is 493 g/mol. The van der Waals surface area contributed by atoms with Crippen LogP contribution in [0.15, 0.2) is 71.6 Å². The van der Waals surface area contributed by atoms with E-state index in [2.05, 4.69) is 14.8 Å². The molecule has 2 unspecified atom stereocenters. The van der Waals surface area contributed by atoms with Gasteiger partial charge >= 0.3 is 12.1 Å². The number of halogens is 3. The van der Waals surface area contributed by atoms with Crippen molar-refractivity contribution in [2.24, 2.45) is 16.1 Å². The number of aliphatic imine (C=N–C) groups is 1. The maximum absolute atomic E-state index is 13.2. The summed E-state index contributed by atoms with van der Waals surface area (Å²) in [6.07, 6.45) is 2.05. The van der Waals surface area contributed by atoms with Crippen LogP contribution in [0, 0.1) is 5.41 Å². The molecule has 0 bridgehead atoms. The Bertz CT molecular complexity index is 1400. The molecule has 3 aliphatic heterocycles. The van der Waals surface area contributed by atoms with Crippen molar-refractivity contribution in [2.45, 2.75) is 63.3 Å². The van der Waals surface area contributed by atoms with Crippen LogP contribution in [0.2, 0.25) is 0 Å². The Hall–Kier alpha value is -3.75. The Kier molecular flexibility index (Phi) is 5.25. The molecule has 6 nitrogen and oxygen atoms in total. The lowest BCUT2D eigenvalue weighted by molar-refractivity contribution is -0.150. The summed E-state index contributed by atoms with van der Waals surface area (Å²) in [4.78, 5) is 20.7. The first-order valence-corrected chi connectivity index (χ1v) is 12.8. The summed E-state index contributed by atoms with van der Waals surface area (Å²) in [7, 11) is 0. The lowest BCUT2D eigenvalue weighted by Crippen LogP contribution is -2.41. The Morgan fingerprint density at radius 3 is 2.39 bits per heavy atom. The minimum atomic E-state index is -4.38. The van der Waals surface area contributed by atoms with Crippen LogP contribution >= 0.6 is 0 Å². The van der Waals surface area contributed by atoms with Crippen LogP contribution in [0.3, 0.4) is 0 Å². The first-order valence-electron chi connectivity index (χ1n) is 12.8. The number of nitrogens with zero attached hydrogens (tertiary/aromatic N) is 3. The van der Waals surface area contributed by atoms with E-state index in [4.69, 9.17) is 5.73 Å². The summed E-state index contributed by atoms with van der Waals surface area (Å²) in [6.45, 7) is 3.73. The van der Waals surface area contributed by atoms with E-state index in [1.54, 1.807) is 12.3 Å². The van der Waals surface area contributed by atoms with E-state index in [9.17, 15) is 23.1 Å². The second kappa shape index (κ2) is 8.12. The molecule has 2 aromatic rings. The quantitative estimate of drug-likeness (QED) is 0.502. The number of aliphatic carboxylic acids is 1. The Labute approximate surface area is 218 Å². The van der Waals surface area contributed by atoms with Crippen LogP contribution in [0.1, 0.15) is 67.7 Å². The molecule has 0 aromatic heterocycles. The molecule has 9 heteroatoms. The van der Waals surface area contributed by atoms with Crippen molar-refractivity contribution in [3.8, 4) is 0 Å². The molecule has 2 atom stereocenters. The van der Waals surface area contributed by atoms with Crippen molar-refractivity contribution < 1.29 is 23.1 Å². The lowest BCUT2D eigenvalue weighted by atomic mass is 9.70. The van der Waals surface area contributed by atoms with Crippen LogP contribution in [-0.4, -0.2) is 38.4 Å². The molecule has 1 saturated heterocycles. The lowest BCUT2D eigenvalue weighted by Gasteiger charge is -2.37. The predicted molar refractivity (Wildman–Crippen MR) is 137 cm³/mol. The molecule has 2 aromatic carbocycles. The molecule has 6 rings (SSSR count). The molecular formula is C29H29F3N4O2. The van der Waals surface area contributed by atoms with E-state index < -0.39 is 23.1 Å². The van der Waals surface area contributed by atoms with Gasteiger partial charge in [-0.15, -0.1) is 0 Å². The largest absolute Gasteiger partial charge is 0.481 e. The number of alkyl halides is 3. The Morgan fingerprint density at radius 2 is 1.76 bits per heavy atom. The van der Waals surface area contributed by atoms with Crippen LogP contribution in [-0.2, 0) is 11.0 Å². The molecule has 2 fully saturated rings. The topological polar surface area (TPSA) is 81.9 Å². The number of rotatable bonds is 4. The molecule has 38 heavy (non-hydrogen) atoms. The summed E-state index contributed by atoms with van der Waals surface area (Å²) in [5.41, 5.74) is 9.09. The number of carbonyl (C=O) groups is 1. The van der Waals surface area contributed by atoms with Gasteiger partial charge < -0.3 is 20.6 Å². The van der Waals surface area contributed by atoms with Crippen molar-refractivity contribution >= 4 is 17.5 Å². The average molecular weight is 523 g/mol. The maximum Gasteiger partial charge on any atom is 0.416 e. The number of benzene rings is 2. The van der Waals surface area contributed by atoms with Crippen LogP contribution < -0.4 is 5.73 Å². The average Bonchev–Trinajstić information content (AvgIpc) is 3.36. The first-order chi connectivity index (χ1) is 18.0. The number of amidine groups is 1. The van der Waals surface area contributed by atoms with Gasteiger partial charge in [0.05, 0.1) is 22.2 Å². The third-order valence-electron chi connectivity index (χ3n) is 8.94. The highest BCUT2D eigenvalue weighted by molar-refractivity contribution is 6.06. The van der Waals surface area contributed by atoms with E-state index in [0.29, 0.717) is 24.2 Å². The first kappa shape index (κ1) is 24.6. The molecule has 198 valence electrons. The molecule has 3 heterocycles. The number of carboxylic acid groups (broad SMARTS) is 1. The minimum absolute atomic E-state index is 0.0693. The van der Waals surface area contributed by atoms with Crippen LogP contribution in [0.4, 0.5) is 13.2 Å². The third kappa shape index (κ3) is 3.55. The highest BCUT2D eigenvalue weighted by Gasteiger charge is 2.71. The SMILES string of the molecule is CC(c1ccc(C2=C3C(N)=NC=CN3C3N2C32CCC(C)(C(=O)O)CC2)cc1)c1cccc(C(F)(F)F)c1. The van der Waals surface area contributed by atoms with Gasteiger partial charge in [-0.25, -0.2) is 4.99 Å². The fourth-order valence-corrected chi connectivity index (χ4v) is 6.43. The van der Waals surface area contributed by atoms with Gasteiger partial charge in [-0.05, 0) is 49.8 Å². The van der Waals surface area contributed by atoms with Gasteiger partial charge in [-0.2, -0.15) is 13.2 Å². The van der Waals surface area contributed by atoms with E-state index in [0.717, 1.165) is 41.4 Å². The molecule has 1 aliphatic carbocycles. The number of hydrogen-bond acceptors (Lipinski definition) is 5. The summed E-state index contributed by atoms with van der Waals surface area (Å²) in [5, 5.41) is 9.72. The molecule has 1 saturated carbocycles. The van der Waals surface area contributed by atoms with E-state index in [1.165, 1.54) is 12.1 Å². The van der Waals surface area contributed by atoms with E-state index >= 15 is 0 Å². The summed E-state index contributed by atoms with van der Waals surface area (Å²) >= 11 is 0. The fourth-order valence-electron chi connectivity index (χ4n) is 6.43. The monoisotopic (exact) mass is 522 g/mol. The van der Waals surface area contributed by atoms with Gasteiger partial charge in [-0.3, -0.25) is 4.79 Å². The van der Waals surface area contributed by atoms with Gasteiger partial charge in [0.25, 0.3) is 0 Å². The number of fused-ring (bicyclic) bond motifs is 5. The van der Waals surface area contributed by atoms with E-state index in [-0.39, 0.29) is 17.6 Å². The summed E-state index contributed by atoms with van der Waals surface area (Å²) in [6, 6.07) is 13.4. The summed E-state index contributed by atoms with van der Waals surface area (Å²) < 4.78 is 39.7. The van der Waals surface area contributed by atoms with Crippen molar-refractivity contribution in [1.82, 2.24) is 9.80 Å². The van der Waals surface area contributed by atoms with E-state index in [1.807, 2.05) is 44.3 Å². The molecule has 0 amide bonds. The predicted octanol–water partition coefficient (Wildman–Crippen LogP) is 5.73. The maximum atomic E-state index is 13.2. The van der Waals surface area contributed by atoms with Crippen molar-refractivity contribution in [3.05, 3.63) is 88.9 Å². The van der Waals surface area contributed by atoms with Gasteiger partial charge in [-0.1, -0.05) is 49.4 Å². The van der Waals surface area contributed by atoms with Crippen molar-refractivity contribution in [1.29, 1.82) is 0 Å². The normalized spacial score (nSPS) is 28.8. The van der Waals surface area contributed by atoms with Gasteiger partial charge in [0.1, 0.15) is 17.7 Å². The highest BCUT2D eigenvalue weighted by atomic mass is 19.4. The smallest absolute Gasteiger partial charge is 0.416 e. The van der Waals surface area contributed by atoms with Gasteiger partial charge in [0.15, 0.2) is 0 Å². The Balaban J connectivity index is 1.31. The Morgan fingerprint density at radius 1 is 1.08 bits per heavy atom. The second-order valence-corrected chi connectivity index (χ2v) is 11.1. The molecule has 3 N–H and O–H groups in total. The molecule has 0 radical (unpaired) electrons. The highest BCUT2D eigenvalue weighted by Crippen LogP contribution is 2.64. The van der Waals surface area contributed by atoms with Gasteiger partial charge in [0, 0.05) is 23.9 Å². The standard InChI is InChI=1S/C29H29F3N4O2/c1-17(20-4-3-5-21(16-20)29(30,31)32)18-6-8-19(9-7-18)22-23-24(33)34-14-15-35(23)25-28(36(22)25)12-10-27(2,11-13-28)26(37)38/h3-9,14-17,25H,10-13H2,1-2H3,(H2,33,34)(H,37,38). The third-order valence-corrected chi connectivity index (χ3v) is 8.94. The van der Waals surface area contributed by atoms with Crippen LogP contribution in [0.25, 0.3) is 5.70 Å². The fraction of sp³-hybridized carbons (Fsp3) is 0.379. The molecule has 1 spiro atoms.